The molecule has 0 heterocycles. The highest BCUT2D eigenvalue weighted by molar-refractivity contribution is 7.92. The van der Waals surface area contributed by atoms with Crippen molar-refractivity contribution in [2.45, 2.75) is 37.8 Å². The van der Waals surface area contributed by atoms with E-state index in [1.54, 1.807) is 30.3 Å². The number of amides is 2. The third-order valence-corrected chi connectivity index (χ3v) is 10.7. The highest BCUT2D eigenvalue weighted by Gasteiger charge is 2.36. The van der Waals surface area contributed by atoms with Gasteiger partial charge in [0.2, 0.25) is 11.8 Å². The number of anilines is 1. The molecule has 278 valence electrons. The van der Waals surface area contributed by atoms with E-state index in [0.29, 0.717) is 28.6 Å². The average molecular weight is 773 g/mol. The average Bonchev–Trinajstić information content (AvgIpc) is 3.15. The number of nitrogens with one attached hydrogen (secondary N) is 1. The van der Waals surface area contributed by atoms with E-state index in [0.717, 1.165) is 9.87 Å². The minimum atomic E-state index is -4.53. The van der Waals surface area contributed by atoms with Crippen molar-refractivity contribution >= 4 is 50.7 Å². The lowest BCUT2D eigenvalue weighted by Crippen LogP contribution is -2.53. The monoisotopic (exact) mass is 771 g/mol. The first kappa shape index (κ1) is 40.1. The molecule has 14 heteroatoms. The highest BCUT2D eigenvalue weighted by Crippen LogP contribution is 2.38. The molecule has 0 fully saturated rings. The molecule has 0 radical (unpaired) electrons. The fraction of sp³-hybridized carbons (Fsp3) is 0.316. The topological polar surface area (TPSA) is 124 Å². The zero-order chi connectivity index (χ0) is 38.0. The van der Waals surface area contributed by atoms with Gasteiger partial charge < -0.3 is 29.2 Å². The SMILES string of the molecule is COc1ccc(OC)c(N(CC(=O)N(Cc2ccc(Cl)c(Cl)c2)C(Cc2ccccc2)C(=O)NCC(C)C)S(=O)(=O)c2ccc(OC)c(OC)c2)c1. The van der Waals surface area contributed by atoms with Crippen LogP contribution in [0.4, 0.5) is 5.69 Å². The fourth-order valence-corrected chi connectivity index (χ4v) is 7.17. The van der Waals surface area contributed by atoms with Crippen LogP contribution in [-0.2, 0) is 32.6 Å². The molecule has 4 aromatic carbocycles. The van der Waals surface area contributed by atoms with E-state index in [1.807, 2.05) is 44.2 Å². The third-order valence-electron chi connectivity index (χ3n) is 8.17. The maximum Gasteiger partial charge on any atom is 0.265 e. The van der Waals surface area contributed by atoms with Crippen LogP contribution in [0.2, 0.25) is 10.0 Å². The smallest absolute Gasteiger partial charge is 0.265 e. The van der Waals surface area contributed by atoms with Crippen molar-refractivity contribution in [1.82, 2.24) is 10.2 Å². The van der Waals surface area contributed by atoms with Gasteiger partial charge in [-0.05, 0) is 53.4 Å². The second-order valence-electron chi connectivity index (χ2n) is 12.2. The molecule has 0 aliphatic heterocycles. The molecule has 11 nitrogen and oxygen atoms in total. The van der Waals surface area contributed by atoms with Crippen LogP contribution in [0.5, 0.6) is 23.0 Å². The molecule has 52 heavy (non-hydrogen) atoms. The Morgan fingerprint density at radius 2 is 1.42 bits per heavy atom. The second-order valence-corrected chi connectivity index (χ2v) is 14.9. The van der Waals surface area contributed by atoms with Crippen LogP contribution in [0.25, 0.3) is 0 Å². The van der Waals surface area contributed by atoms with Crippen molar-refractivity contribution in [3.63, 3.8) is 0 Å². The second kappa shape index (κ2) is 18.2. The number of methoxy groups -OCH3 is 4. The Morgan fingerprint density at radius 3 is 2.04 bits per heavy atom. The van der Waals surface area contributed by atoms with Gasteiger partial charge >= 0.3 is 0 Å². The first-order chi connectivity index (χ1) is 24.8. The van der Waals surface area contributed by atoms with Gasteiger partial charge in [-0.25, -0.2) is 8.42 Å². The summed E-state index contributed by atoms with van der Waals surface area (Å²) in [6.45, 7) is 3.46. The molecule has 0 bridgehead atoms. The lowest BCUT2D eigenvalue weighted by atomic mass is 10.0. The van der Waals surface area contributed by atoms with E-state index in [4.69, 9.17) is 42.1 Å². The molecule has 0 saturated heterocycles. The molecule has 0 spiro atoms. The largest absolute Gasteiger partial charge is 0.497 e. The number of rotatable bonds is 17. The van der Waals surface area contributed by atoms with Crippen LogP contribution in [0.1, 0.15) is 25.0 Å². The summed E-state index contributed by atoms with van der Waals surface area (Å²) in [4.78, 5) is 30.1. The summed E-state index contributed by atoms with van der Waals surface area (Å²) in [7, 11) is 1.11. The Kier molecular flexibility index (Phi) is 14.1. The van der Waals surface area contributed by atoms with Gasteiger partial charge in [0.25, 0.3) is 10.0 Å². The normalized spacial score (nSPS) is 11.8. The predicted octanol–water partition coefficient (Wildman–Crippen LogP) is 6.64. The molecular formula is C38H43Cl2N3O8S. The van der Waals surface area contributed by atoms with E-state index in [2.05, 4.69) is 5.32 Å². The van der Waals surface area contributed by atoms with Crippen molar-refractivity contribution in [1.29, 1.82) is 0 Å². The van der Waals surface area contributed by atoms with Gasteiger partial charge in [-0.1, -0.05) is 73.4 Å². The Hall–Kier alpha value is -4.65. The van der Waals surface area contributed by atoms with Crippen molar-refractivity contribution in [2.75, 3.05) is 45.8 Å². The van der Waals surface area contributed by atoms with E-state index in [1.165, 1.54) is 57.6 Å². The molecule has 0 saturated carbocycles. The fourth-order valence-electron chi connectivity index (χ4n) is 5.42. The Morgan fingerprint density at radius 1 is 0.750 bits per heavy atom. The number of hydrogen-bond donors (Lipinski definition) is 1. The number of halogens is 2. The van der Waals surface area contributed by atoms with Gasteiger partial charge in [-0.3, -0.25) is 13.9 Å². The Labute approximate surface area is 315 Å². The quantitative estimate of drug-likeness (QED) is 0.127. The van der Waals surface area contributed by atoms with Crippen LogP contribution in [0, 0.1) is 5.92 Å². The first-order valence-electron chi connectivity index (χ1n) is 16.3. The van der Waals surface area contributed by atoms with Gasteiger partial charge in [0.1, 0.15) is 24.1 Å². The molecule has 0 aromatic heterocycles. The summed E-state index contributed by atoms with van der Waals surface area (Å²) in [5.41, 5.74) is 1.40. The maximum absolute atomic E-state index is 14.9. The summed E-state index contributed by atoms with van der Waals surface area (Å²) in [6.07, 6.45) is 0.142. The van der Waals surface area contributed by atoms with Gasteiger partial charge in [0.05, 0.1) is 49.1 Å². The van der Waals surface area contributed by atoms with Crippen LogP contribution in [0.3, 0.4) is 0 Å². The van der Waals surface area contributed by atoms with Gasteiger partial charge in [-0.2, -0.15) is 0 Å². The van der Waals surface area contributed by atoms with Crippen molar-refractivity contribution in [3.05, 3.63) is 106 Å². The standard InChI is InChI=1S/C38H43Cl2N3O8S/c1-25(2)22-41-38(45)33(19-26-10-8-7-9-11-26)42(23-27-12-15-30(39)31(40)18-27)37(44)24-43(32-20-28(48-3)13-16-34(32)49-4)52(46,47)29-14-17-35(50-5)36(21-29)51-6/h7-18,20-21,25,33H,19,22-24H2,1-6H3,(H,41,45). The van der Waals surface area contributed by atoms with Crippen molar-refractivity contribution in [2.24, 2.45) is 5.92 Å². The summed E-state index contributed by atoms with van der Waals surface area (Å²) in [5, 5.41) is 3.54. The van der Waals surface area contributed by atoms with Gasteiger partial charge in [0.15, 0.2) is 11.5 Å². The predicted molar refractivity (Wildman–Crippen MR) is 202 cm³/mol. The zero-order valence-electron chi connectivity index (χ0n) is 29.9. The van der Waals surface area contributed by atoms with Gasteiger partial charge in [0, 0.05) is 31.6 Å². The lowest BCUT2D eigenvalue weighted by Gasteiger charge is -2.34. The van der Waals surface area contributed by atoms with E-state index >= 15 is 0 Å². The third kappa shape index (κ3) is 9.81. The first-order valence-corrected chi connectivity index (χ1v) is 18.5. The Bertz CT molecular complexity index is 1960. The molecule has 1 unspecified atom stereocenters. The highest BCUT2D eigenvalue weighted by atomic mass is 35.5. The zero-order valence-corrected chi connectivity index (χ0v) is 32.2. The summed E-state index contributed by atoms with van der Waals surface area (Å²) < 4.78 is 52.1. The number of carbonyl (C=O) groups excluding carboxylic acids is 2. The number of nitrogens with zero attached hydrogens (tertiary/aromatic N) is 2. The van der Waals surface area contributed by atoms with E-state index < -0.39 is 34.4 Å². The molecular weight excluding hydrogens is 729 g/mol. The van der Waals surface area contributed by atoms with Crippen molar-refractivity contribution < 1.29 is 37.0 Å². The van der Waals surface area contributed by atoms with Crippen LogP contribution >= 0.6 is 23.2 Å². The molecule has 2 amide bonds. The number of ether oxygens (including phenoxy) is 4. The summed E-state index contributed by atoms with van der Waals surface area (Å²) in [6, 6.07) is 21.8. The van der Waals surface area contributed by atoms with E-state index in [9.17, 15) is 18.0 Å². The molecule has 1 N–H and O–H groups in total. The number of benzene rings is 4. The lowest BCUT2D eigenvalue weighted by molar-refractivity contribution is -0.140. The van der Waals surface area contributed by atoms with E-state index in [-0.39, 0.29) is 46.0 Å². The van der Waals surface area contributed by atoms with Crippen LogP contribution in [-0.4, -0.2) is 72.7 Å². The molecule has 1 atom stereocenters. The van der Waals surface area contributed by atoms with Crippen molar-refractivity contribution in [3.8, 4) is 23.0 Å². The summed E-state index contributed by atoms with van der Waals surface area (Å²) in [5.74, 6) is -0.00358. The summed E-state index contributed by atoms with van der Waals surface area (Å²) >= 11 is 12.6. The molecule has 4 rings (SSSR count). The van der Waals surface area contributed by atoms with Gasteiger partial charge in [-0.15, -0.1) is 0 Å². The van der Waals surface area contributed by atoms with Crippen LogP contribution < -0.4 is 28.6 Å². The minimum absolute atomic E-state index is 0.0309. The van der Waals surface area contributed by atoms with Crippen LogP contribution in [0.15, 0.2) is 89.8 Å². The molecule has 0 aliphatic rings. The maximum atomic E-state index is 14.9. The number of hydrogen-bond acceptors (Lipinski definition) is 8. The number of sulfonamides is 1. The Balaban J connectivity index is 1.91. The number of carbonyl (C=O) groups is 2. The molecule has 4 aromatic rings. The molecule has 0 aliphatic carbocycles. The minimum Gasteiger partial charge on any atom is -0.497 e.